The number of halogens is 1. The number of nitrogens with two attached hydrogens (primary N) is 1. The number of ether oxygens (including phenoxy) is 2. The summed E-state index contributed by atoms with van der Waals surface area (Å²) in [4.78, 5) is 104. The van der Waals surface area contributed by atoms with Gasteiger partial charge in [-0.05, 0) is 85.7 Å². The number of likely N-dealkylation sites (tertiary alicyclic amines) is 1. The zero-order valence-corrected chi connectivity index (χ0v) is 43.7. The molecule has 0 aromatic heterocycles. The van der Waals surface area contributed by atoms with E-state index in [1.807, 2.05) is 44.2 Å². The molecule has 1 aliphatic carbocycles. The van der Waals surface area contributed by atoms with Crippen LogP contribution >= 0.6 is 11.6 Å². The van der Waals surface area contributed by atoms with Crippen LogP contribution in [0.4, 0.5) is 21.9 Å². The van der Waals surface area contributed by atoms with Gasteiger partial charge in [0.2, 0.25) is 17.5 Å². The molecule has 20 heteroatoms. The second-order valence-electron chi connectivity index (χ2n) is 21.5. The molecule has 4 fully saturated rings. The Kier molecular flexibility index (Phi) is 15.9. The number of amides is 7. The Hall–Kier alpha value is -6.75. The highest BCUT2D eigenvalue weighted by Crippen LogP contribution is 2.56. The van der Waals surface area contributed by atoms with E-state index in [1.165, 1.54) is 0 Å². The summed E-state index contributed by atoms with van der Waals surface area (Å²) in [6.45, 7) is 24.6. The van der Waals surface area contributed by atoms with Gasteiger partial charge in [-0.3, -0.25) is 38.6 Å². The first-order chi connectivity index (χ1) is 35.2. The number of anilines is 2. The number of piperidine rings is 2. The van der Waals surface area contributed by atoms with E-state index in [9.17, 15) is 33.6 Å². The number of alkyl carbamates (subject to hydrolysis) is 1. The smallest absolute Gasteiger partial charge is 0.408 e. The van der Waals surface area contributed by atoms with E-state index < -0.39 is 48.5 Å². The third kappa shape index (κ3) is 11.0. The summed E-state index contributed by atoms with van der Waals surface area (Å²) in [5, 5.41) is 8.68. The number of hydrogen-bond donors (Lipinski definition) is 4. The van der Waals surface area contributed by atoms with Crippen LogP contribution in [0.15, 0.2) is 60.7 Å². The minimum atomic E-state index is -1.25. The number of carbonyl (C=O) groups excluding carboxylic acids is 7. The number of nitrogens with one attached hydrogen (secondary N) is 3. The van der Waals surface area contributed by atoms with Crippen molar-refractivity contribution in [2.45, 2.75) is 91.5 Å². The van der Waals surface area contributed by atoms with Gasteiger partial charge >= 0.3 is 6.09 Å². The van der Waals surface area contributed by atoms with Gasteiger partial charge in [0, 0.05) is 99.1 Å². The maximum absolute atomic E-state index is 13.9. The van der Waals surface area contributed by atoms with Gasteiger partial charge in [0.1, 0.15) is 17.9 Å². The van der Waals surface area contributed by atoms with Gasteiger partial charge in [0.05, 0.1) is 28.8 Å². The molecule has 5 N–H and O–H groups in total. The molecule has 5 aliphatic rings. The van der Waals surface area contributed by atoms with Crippen molar-refractivity contribution in [3.63, 3.8) is 0 Å². The highest BCUT2D eigenvalue weighted by molar-refractivity contribution is 6.33. The second-order valence-corrected chi connectivity index (χ2v) is 21.9. The molecule has 3 saturated heterocycles. The van der Waals surface area contributed by atoms with Crippen molar-refractivity contribution in [1.29, 1.82) is 0 Å². The van der Waals surface area contributed by atoms with Gasteiger partial charge < -0.3 is 41.0 Å². The molecule has 1 saturated carbocycles. The second kappa shape index (κ2) is 22.0. The van der Waals surface area contributed by atoms with Crippen LogP contribution in [0.2, 0.25) is 5.02 Å². The molecule has 0 bridgehead atoms. The molecule has 394 valence electrons. The Morgan fingerprint density at radius 1 is 0.811 bits per heavy atom. The fraction of sp³-hybridized carbons (Fsp3) is 0.519. The van der Waals surface area contributed by atoms with Gasteiger partial charge in [-0.15, -0.1) is 0 Å². The van der Waals surface area contributed by atoms with Crippen molar-refractivity contribution in [2.75, 3.05) is 75.4 Å². The normalized spacial score (nSPS) is 22.2. The lowest BCUT2D eigenvalue weighted by atomic mass is 9.49. The molecule has 7 amide bonds. The molecule has 2 unspecified atom stereocenters. The maximum atomic E-state index is 13.9. The van der Waals surface area contributed by atoms with E-state index in [-0.39, 0.29) is 77.8 Å². The lowest BCUT2D eigenvalue weighted by Gasteiger charge is -2.63. The first-order valence-electron chi connectivity index (χ1n) is 25.5. The lowest BCUT2D eigenvalue weighted by Crippen LogP contribution is -2.74. The van der Waals surface area contributed by atoms with Crippen molar-refractivity contribution in [2.24, 2.45) is 28.4 Å². The van der Waals surface area contributed by atoms with Gasteiger partial charge in [-0.2, -0.15) is 0 Å². The molecular formula is C54H67ClN10O9. The number of rotatable bonds is 16. The minimum Gasteiger partial charge on any atom is -0.489 e. The van der Waals surface area contributed by atoms with E-state index in [0.717, 1.165) is 79.8 Å². The predicted octanol–water partition coefficient (Wildman–Crippen LogP) is 5.44. The Morgan fingerprint density at radius 3 is 2.09 bits per heavy atom. The molecule has 4 heterocycles. The summed E-state index contributed by atoms with van der Waals surface area (Å²) in [7, 11) is 0. The van der Waals surface area contributed by atoms with Gasteiger partial charge in [-0.25, -0.2) is 14.5 Å². The number of hydrogen-bond acceptors (Lipinski definition) is 13. The van der Waals surface area contributed by atoms with Crippen LogP contribution in [-0.2, 0) is 19.1 Å². The molecule has 0 spiro atoms. The highest BCUT2D eigenvalue weighted by atomic mass is 35.5. The van der Waals surface area contributed by atoms with Crippen molar-refractivity contribution in [3.8, 4) is 5.75 Å². The molecule has 3 aromatic carbocycles. The van der Waals surface area contributed by atoms with Crippen LogP contribution in [0, 0.1) is 29.2 Å². The zero-order chi connectivity index (χ0) is 53.2. The van der Waals surface area contributed by atoms with Crippen LogP contribution < -0.4 is 36.2 Å². The minimum absolute atomic E-state index is 0.0110. The van der Waals surface area contributed by atoms with E-state index in [2.05, 4.69) is 63.2 Å². The van der Waals surface area contributed by atoms with Gasteiger partial charge in [0.25, 0.3) is 23.6 Å². The molecule has 8 rings (SSSR count). The molecular weight excluding hydrogens is 968 g/mol. The predicted molar refractivity (Wildman–Crippen MR) is 278 cm³/mol. The Labute approximate surface area is 437 Å². The van der Waals surface area contributed by atoms with Gasteiger partial charge in [-0.1, -0.05) is 59.2 Å². The first kappa shape index (κ1) is 53.5. The molecule has 4 aliphatic heterocycles. The number of fused-ring (bicyclic) bond motifs is 1. The van der Waals surface area contributed by atoms with Crippen molar-refractivity contribution in [1.82, 2.24) is 30.7 Å². The van der Waals surface area contributed by atoms with Crippen LogP contribution in [0.25, 0.3) is 4.85 Å². The number of carbonyl (C=O) groups is 7. The summed E-state index contributed by atoms with van der Waals surface area (Å²) >= 11 is 6.28. The summed E-state index contributed by atoms with van der Waals surface area (Å²) in [6.07, 6.45) is 0.772. The molecule has 0 radical (unpaired) electrons. The van der Waals surface area contributed by atoms with Crippen LogP contribution in [0.3, 0.4) is 0 Å². The summed E-state index contributed by atoms with van der Waals surface area (Å²) in [5.41, 5.74) is 8.33. The molecule has 3 aromatic rings. The molecule has 2 atom stereocenters. The lowest BCUT2D eigenvalue weighted by molar-refractivity contribution is -0.164. The highest BCUT2D eigenvalue weighted by Gasteiger charge is 2.64. The summed E-state index contributed by atoms with van der Waals surface area (Å²) in [6, 6.07) is 16.0. The third-order valence-electron chi connectivity index (χ3n) is 15.5. The van der Waals surface area contributed by atoms with Gasteiger partial charge in [0.15, 0.2) is 6.73 Å². The standard InChI is InChI=1S/C54H67ClN10O9/c1-32(2)44(56)46(68)58-20-21-59-52(72)73-31-64-43(66)17-16-42(49(64)71)65-47(69)38-14-12-36(28-39(38)48(65)70)63-26-24-61(25-27-63)30-33-18-22-62(23-19-33)35-10-8-34(9-11-35)45(67)60-50-53(3,4)51(54(50,5)6)74-37-13-15-41(57-7)40(55)29-37/h8-15,28-29,32-33,42,44,50-51H,16-27,30-31,56H2,1-6H3,(H,58,68)(H,59,72)(H,60,67). The Morgan fingerprint density at radius 2 is 1.45 bits per heavy atom. The van der Waals surface area contributed by atoms with E-state index in [1.54, 1.807) is 30.3 Å². The van der Waals surface area contributed by atoms with E-state index >= 15 is 0 Å². The zero-order valence-electron chi connectivity index (χ0n) is 42.9. The fourth-order valence-corrected chi connectivity index (χ4v) is 11.6. The number of nitrogens with zero attached hydrogens (tertiary/aromatic N) is 6. The van der Waals surface area contributed by atoms with Crippen molar-refractivity contribution >= 4 is 70.2 Å². The van der Waals surface area contributed by atoms with Crippen molar-refractivity contribution < 1.29 is 43.0 Å². The average molecular weight is 1040 g/mol. The van der Waals surface area contributed by atoms with E-state index in [0.29, 0.717) is 27.9 Å². The SMILES string of the molecule is [C-]#[N+]c1ccc(OC2C(C)(C)C(NC(=O)c3ccc(N4CCC(CN5CCN(c6ccc7c(c6)C(=O)N(C6CCC(=O)N(COC(=O)NCCNC(=O)C(N)C(C)C)C6=O)C7=O)CC5)CC4)cc3)C2(C)C)cc1Cl. The Balaban J connectivity index is 0.763. The quantitative estimate of drug-likeness (QED) is 0.0799. The largest absolute Gasteiger partial charge is 0.489 e. The third-order valence-corrected chi connectivity index (χ3v) is 15.8. The average Bonchev–Trinajstić information content (AvgIpc) is 3.63. The van der Waals surface area contributed by atoms with Crippen LogP contribution in [0.5, 0.6) is 5.75 Å². The monoisotopic (exact) mass is 1030 g/mol. The maximum Gasteiger partial charge on any atom is 0.408 e. The topological polar surface area (TPSA) is 221 Å². The Bertz CT molecular complexity index is 2690. The fourth-order valence-electron chi connectivity index (χ4n) is 11.4. The number of piperazine rings is 1. The molecule has 74 heavy (non-hydrogen) atoms. The first-order valence-corrected chi connectivity index (χ1v) is 25.8. The summed E-state index contributed by atoms with van der Waals surface area (Å²) < 4.78 is 11.5. The van der Waals surface area contributed by atoms with Crippen LogP contribution in [-0.4, -0.2) is 146 Å². The number of imide groups is 2. The summed E-state index contributed by atoms with van der Waals surface area (Å²) in [5.74, 6) is -2.08. The molecule has 19 nitrogen and oxygen atoms in total. The van der Waals surface area contributed by atoms with Crippen LogP contribution in [0.1, 0.15) is 98.3 Å². The number of benzene rings is 3. The van der Waals surface area contributed by atoms with E-state index in [4.69, 9.17) is 33.4 Å². The van der Waals surface area contributed by atoms with Crippen molar-refractivity contribution in [3.05, 3.63) is 93.8 Å².